The number of nitrogens with one attached hydrogen (secondary N) is 2. The molecule has 1 aliphatic heterocycles. The van der Waals surface area contributed by atoms with Gasteiger partial charge in [-0.3, -0.25) is 9.59 Å². The zero-order valence-electron chi connectivity index (χ0n) is 17.2. The monoisotopic (exact) mass is 392 g/mol. The fraction of sp³-hybridized carbons (Fsp3) is 0.680. The molecule has 1 atom stereocenters. The average Bonchev–Trinajstić information content (AvgIpc) is 3.05. The van der Waals surface area contributed by atoms with Gasteiger partial charge < -0.3 is 10.6 Å². The first-order chi connectivity index (χ1) is 14.1. The molecule has 4 nitrogen and oxygen atoms in total. The molecule has 5 fully saturated rings. The van der Waals surface area contributed by atoms with Crippen molar-refractivity contribution in [3.63, 3.8) is 0 Å². The summed E-state index contributed by atoms with van der Waals surface area (Å²) in [5.74, 6) is 2.53. The Bertz CT molecular complexity index is 819. The first-order valence-electron chi connectivity index (χ1n) is 11.8. The molecule has 0 saturated heterocycles. The molecule has 0 unspecified atom stereocenters. The summed E-state index contributed by atoms with van der Waals surface area (Å²) in [6.07, 6.45) is 14.2. The van der Waals surface area contributed by atoms with Crippen molar-refractivity contribution in [2.45, 2.75) is 82.2 Å². The van der Waals surface area contributed by atoms with E-state index in [0.717, 1.165) is 36.2 Å². The topological polar surface area (TPSA) is 58.2 Å². The Morgan fingerprint density at radius 2 is 1.55 bits per heavy atom. The van der Waals surface area contributed by atoms with E-state index in [1.165, 1.54) is 57.8 Å². The molecule has 5 saturated carbocycles. The summed E-state index contributed by atoms with van der Waals surface area (Å²) >= 11 is 0. The lowest BCUT2D eigenvalue weighted by molar-refractivity contribution is -0.142. The van der Waals surface area contributed by atoms with E-state index in [4.69, 9.17) is 0 Å². The highest BCUT2D eigenvalue weighted by atomic mass is 16.2. The van der Waals surface area contributed by atoms with Crippen molar-refractivity contribution in [1.29, 1.82) is 0 Å². The van der Waals surface area contributed by atoms with Gasteiger partial charge in [0.05, 0.1) is 0 Å². The van der Waals surface area contributed by atoms with E-state index >= 15 is 0 Å². The molecule has 7 rings (SSSR count). The van der Waals surface area contributed by atoms with Gasteiger partial charge in [-0.25, -0.2) is 0 Å². The summed E-state index contributed by atoms with van der Waals surface area (Å²) in [6, 6.07) is 7.01. The molecule has 2 N–H and O–H groups in total. The van der Waals surface area contributed by atoms with Crippen LogP contribution >= 0.6 is 0 Å². The van der Waals surface area contributed by atoms with Crippen molar-refractivity contribution in [3.8, 4) is 0 Å². The number of amides is 2. The minimum Gasteiger partial charge on any atom is -0.348 e. The van der Waals surface area contributed by atoms with Gasteiger partial charge in [0.1, 0.15) is 6.04 Å². The predicted octanol–water partition coefficient (Wildman–Crippen LogP) is 4.51. The van der Waals surface area contributed by atoms with Crippen LogP contribution in [0.2, 0.25) is 0 Å². The molecular formula is C25H32N2O2. The highest BCUT2D eigenvalue weighted by molar-refractivity contribution is 6.04. The van der Waals surface area contributed by atoms with Crippen molar-refractivity contribution in [3.05, 3.63) is 35.4 Å². The molecule has 4 heteroatoms. The molecular weight excluding hydrogens is 360 g/mol. The van der Waals surface area contributed by atoms with Gasteiger partial charge in [0.2, 0.25) is 5.91 Å². The summed E-state index contributed by atoms with van der Waals surface area (Å²) in [7, 11) is 0. The Balaban J connectivity index is 1.33. The lowest BCUT2D eigenvalue weighted by atomic mass is 9.43. The quantitative estimate of drug-likeness (QED) is 0.795. The van der Waals surface area contributed by atoms with Gasteiger partial charge in [0.15, 0.2) is 0 Å². The van der Waals surface area contributed by atoms with Gasteiger partial charge in [-0.15, -0.1) is 0 Å². The number of rotatable bonds is 3. The van der Waals surface area contributed by atoms with E-state index in [1.807, 2.05) is 24.3 Å². The molecule has 0 spiro atoms. The lowest BCUT2D eigenvalue weighted by Gasteiger charge is -2.65. The Labute approximate surface area is 173 Å². The van der Waals surface area contributed by atoms with Gasteiger partial charge in [-0.05, 0) is 86.2 Å². The van der Waals surface area contributed by atoms with Crippen LogP contribution in [0.25, 0.3) is 0 Å². The van der Waals surface area contributed by atoms with Crippen molar-refractivity contribution in [2.24, 2.45) is 23.2 Å². The third kappa shape index (κ3) is 2.63. The van der Waals surface area contributed by atoms with E-state index < -0.39 is 6.04 Å². The summed E-state index contributed by atoms with van der Waals surface area (Å²) in [6.45, 7) is 0. The minimum atomic E-state index is -0.536. The molecule has 1 heterocycles. The van der Waals surface area contributed by atoms with Crippen molar-refractivity contribution < 1.29 is 9.59 Å². The highest BCUT2D eigenvalue weighted by Crippen LogP contribution is 2.65. The Morgan fingerprint density at radius 1 is 0.931 bits per heavy atom. The molecule has 2 amide bonds. The summed E-state index contributed by atoms with van der Waals surface area (Å²) < 4.78 is 0. The van der Waals surface area contributed by atoms with Crippen LogP contribution in [0.3, 0.4) is 0 Å². The van der Waals surface area contributed by atoms with Crippen LogP contribution in [-0.4, -0.2) is 17.4 Å². The second-order valence-corrected chi connectivity index (χ2v) is 10.8. The van der Waals surface area contributed by atoms with Crippen LogP contribution in [0, 0.1) is 23.2 Å². The number of benzene rings is 1. The highest BCUT2D eigenvalue weighted by Gasteiger charge is 2.61. The van der Waals surface area contributed by atoms with Crippen LogP contribution in [0.4, 0.5) is 0 Å². The maximum absolute atomic E-state index is 13.6. The number of hydrogen-bond acceptors (Lipinski definition) is 2. The molecule has 29 heavy (non-hydrogen) atoms. The summed E-state index contributed by atoms with van der Waals surface area (Å²) in [5, 5.41) is 6.59. The maximum atomic E-state index is 13.6. The van der Waals surface area contributed by atoms with Crippen LogP contribution in [0.15, 0.2) is 24.3 Å². The second kappa shape index (κ2) is 6.33. The molecule has 0 radical (unpaired) electrons. The van der Waals surface area contributed by atoms with Crippen LogP contribution in [0.1, 0.15) is 92.6 Å². The van der Waals surface area contributed by atoms with E-state index in [0.29, 0.717) is 11.0 Å². The van der Waals surface area contributed by atoms with Gasteiger partial charge in [0.25, 0.3) is 5.91 Å². The van der Waals surface area contributed by atoms with E-state index in [9.17, 15) is 9.59 Å². The standard InChI is InChI=1S/C25H32N2O2/c28-22-20-7-3-2-6-19(20)21(26-22)23(29)27-25(8-4-1-5-9-25)24-13-16-10-17(14-24)12-18(11-16)15-24/h2-3,6-7,16-18,21H,1,4-5,8-15H2,(H,26,28)(H,27,29)/t16?,17?,18?,21-,24?/m0/s1. The van der Waals surface area contributed by atoms with Crippen molar-refractivity contribution >= 4 is 11.8 Å². The summed E-state index contributed by atoms with van der Waals surface area (Å²) in [4.78, 5) is 26.0. The first kappa shape index (κ1) is 18.0. The van der Waals surface area contributed by atoms with Crippen LogP contribution in [0.5, 0.6) is 0 Å². The Kier molecular flexibility index (Phi) is 3.92. The second-order valence-electron chi connectivity index (χ2n) is 10.8. The zero-order valence-corrected chi connectivity index (χ0v) is 17.2. The average molecular weight is 393 g/mol. The maximum Gasteiger partial charge on any atom is 0.252 e. The Hall–Kier alpha value is -1.84. The molecule has 4 bridgehead atoms. The zero-order chi connectivity index (χ0) is 19.6. The van der Waals surface area contributed by atoms with Gasteiger partial charge in [-0.1, -0.05) is 37.5 Å². The molecule has 154 valence electrons. The lowest BCUT2D eigenvalue weighted by Crippen LogP contribution is -2.66. The fourth-order valence-corrected chi connectivity index (χ4v) is 8.40. The number of hydrogen-bond donors (Lipinski definition) is 2. The Morgan fingerprint density at radius 3 is 2.21 bits per heavy atom. The predicted molar refractivity (Wildman–Crippen MR) is 111 cm³/mol. The minimum absolute atomic E-state index is 0.0148. The summed E-state index contributed by atoms with van der Waals surface area (Å²) in [5.41, 5.74) is 1.72. The van der Waals surface area contributed by atoms with Crippen LogP contribution < -0.4 is 10.6 Å². The SMILES string of the molecule is O=C1N[C@H](C(=O)NC2(C34CC5CC(CC(C5)C3)C4)CCCCC2)c2ccccc21. The smallest absolute Gasteiger partial charge is 0.252 e. The van der Waals surface area contributed by atoms with E-state index in [-0.39, 0.29) is 17.4 Å². The van der Waals surface area contributed by atoms with Gasteiger partial charge >= 0.3 is 0 Å². The molecule has 5 aliphatic carbocycles. The normalized spacial score (nSPS) is 39.1. The van der Waals surface area contributed by atoms with Crippen molar-refractivity contribution in [2.75, 3.05) is 0 Å². The van der Waals surface area contributed by atoms with E-state index in [2.05, 4.69) is 10.6 Å². The van der Waals surface area contributed by atoms with E-state index in [1.54, 1.807) is 0 Å². The number of carbonyl (C=O) groups excluding carboxylic acids is 2. The van der Waals surface area contributed by atoms with Gasteiger partial charge in [-0.2, -0.15) is 0 Å². The third-order valence-electron chi connectivity index (χ3n) is 9.18. The van der Waals surface area contributed by atoms with Gasteiger partial charge in [0, 0.05) is 11.1 Å². The number of fused-ring (bicyclic) bond motifs is 1. The molecule has 0 aromatic heterocycles. The molecule has 6 aliphatic rings. The molecule has 1 aromatic rings. The third-order valence-corrected chi connectivity index (χ3v) is 9.18. The van der Waals surface area contributed by atoms with Crippen molar-refractivity contribution in [1.82, 2.24) is 10.6 Å². The number of carbonyl (C=O) groups is 2. The fourth-order valence-electron chi connectivity index (χ4n) is 8.40. The molecule has 1 aromatic carbocycles. The first-order valence-corrected chi connectivity index (χ1v) is 11.8. The largest absolute Gasteiger partial charge is 0.348 e. The van der Waals surface area contributed by atoms with Crippen LogP contribution in [-0.2, 0) is 4.79 Å².